The number of carbonyl (C=O) groups is 3. The van der Waals surface area contributed by atoms with Crippen LogP contribution in [-0.2, 0) is 20.9 Å². The summed E-state index contributed by atoms with van der Waals surface area (Å²) in [5.41, 5.74) is 2.65. The van der Waals surface area contributed by atoms with Gasteiger partial charge in [0.05, 0.1) is 28.2 Å². The van der Waals surface area contributed by atoms with E-state index in [0.29, 0.717) is 44.2 Å². The van der Waals surface area contributed by atoms with Crippen LogP contribution < -0.4 is 4.74 Å². The minimum Gasteiger partial charge on any atom is -0.486 e. The number of ether oxygens (including phenoxy) is 2. The van der Waals surface area contributed by atoms with Gasteiger partial charge < -0.3 is 14.4 Å². The molecule has 10 heteroatoms. The molecular weight excluding hydrogens is 499 g/mol. The molecule has 2 aliphatic heterocycles. The monoisotopic (exact) mass is 520 g/mol. The fourth-order valence-electron chi connectivity index (χ4n) is 3.59. The lowest BCUT2D eigenvalue weighted by Gasteiger charge is -2.28. The summed E-state index contributed by atoms with van der Waals surface area (Å²) < 4.78 is 11.1. The van der Waals surface area contributed by atoms with Gasteiger partial charge in [-0.2, -0.15) is 0 Å². The Morgan fingerprint density at radius 2 is 1.85 bits per heavy atom. The summed E-state index contributed by atoms with van der Waals surface area (Å²) in [5, 5.41) is 0.0782. The SMILES string of the molecule is Cc1cccc(COc2c(Cl)cc(/C=C3/SC(=O)N(CC(=O)N4CCOCC4)C3=O)cc2Cl)c1. The van der Waals surface area contributed by atoms with E-state index in [1.54, 1.807) is 17.0 Å². The lowest BCUT2D eigenvalue weighted by molar-refractivity contribution is -0.139. The standard InChI is InChI=1S/C24H22Cl2N2O5S/c1-15-3-2-4-16(9-15)14-33-22-18(25)10-17(11-19(22)26)12-20-23(30)28(24(31)34-20)13-21(29)27-5-7-32-8-6-27/h2-4,9-12H,5-8,13-14H2,1H3/b20-12+. The van der Waals surface area contributed by atoms with E-state index in [-0.39, 0.29) is 27.4 Å². The topological polar surface area (TPSA) is 76.2 Å². The van der Waals surface area contributed by atoms with Crippen LogP contribution in [0.3, 0.4) is 0 Å². The average Bonchev–Trinajstić information content (AvgIpc) is 3.06. The Labute approximate surface area is 211 Å². The van der Waals surface area contributed by atoms with E-state index < -0.39 is 11.1 Å². The van der Waals surface area contributed by atoms with E-state index in [1.807, 2.05) is 31.2 Å². The van der Waals surface area contributed by atoms with Crippen LogP contribution in [0, 0.1) is 6.92 Å². The van der Waals surface area contributed by atoms with E-state index in [9.17, 15) is 14.4 Å². The fourth-order valence-corrected chi connectivity index (χ4v) is 5.05. The van der Waals surface area contributed by atoms with E-state index in [4.69, 9.17) is 32.7 Å². The molecule has 2 heterocycles. The van der Waals surface area contributed by atoms with Gasteiger partial charge in [-0.1, -0.05) is 53.0 Å². The quantitative estimate of drug-likeness (QED) is 0.510. The lowest BCUT2D eigenvalue weighted by Crippen LogP contribution is -2.46. The number of carbonyl (C=O) groups excluding carboxylic acids is 3. The van der Waals surface area contributed by atoms with Crippen molar-refractivity contribution >= 4 is 58.1 Å². The van der Waals surface area contributed by atoms with Crippen molar-refractivity contribution in [2.45, 2.75) is 13.5 Å². The molecule has 2 fully saturated rings. The average molecular weight is 521 g/mol. The van der Waals surface area contributed by atoms with Crippen LogP contribution >= 0.6 is 35.0 Å². The summed E-state index contributed by atoms with van der Waals surface area (Å²) in [6.45, 7) is 3.78. The Bertz CT molecular complexity index is 1140. The highest BCUT2D eigenvalue weighted by atomic mass is 35.5. The summed E-state index contributed by atoms with van der Waals surface area (Å²) in [4.78, 5) is 40.4. The number of halogens is 2. The number of hydrogen-bond donors (Lipinski definition) is 0. The van der Waals surface area contributed by atoms with Crippen molar-refractivity contribution in [3.8, 4) is 5.75 Å². The number of aryl methyl sites for hydroxylation is 1. The zero-order valence-electron chi connectivity index (χ0n) is 18.4. The molecule has 2 aromatic rings. The Morgan fingerprint density at radius 1 is 1.15 bits per heavy atom. The van der Waals surface area contributed by atoms with Crippen molar-refractivity contribution < 1.29 is 23.9 Å². The third-order valence-electron chi connectivity index (χ3n) is 5.31. The molecule has 0 spiro atoms. The maximum atomic E-state index is 12.8. The second kappa shape index (κ2) is 10.8. The highest BCUT2D eigenvalue weighted by Crippen LogP contribution is 2.37. The number of hydrogen-bond acceptors (Lipinski definition) is 6. The van der Waals surface area contributed by atoms with Gasteiger partial charge in [-0.15, -0.1) is 0 Å². The maximum absolute atomic E-state index is 12.8. The molecule has 2 saturated heterocycles. The molecule has 4 rings (SSSR count). The molecule has 0 aliphatic carbocycles. The highest BCUT2D eigenvalue weighted by Gasteiger charge is 2.37. The van der Waals surface area contributed by atoms with Crippen molar-refractivity contribution in [1.82, 2.24) is 9.80 Å². The van der Waals surface area contributed by atoms with Gasteiger partial charge in [0.25, 0.3) is 11.1 Å². The molecule has 2 aliphatic rings. The normalized spacial score (nSPS) is 17.6. The Kier molecular flexibility index (Phi) is 7.83. The van der Waals surface area contributed by atoms with Gasteiger partial charge in [-0.3, -0.25) is 19.3 Å². The number of amides is 3. The third kappa shape index (κ3) is 5.75. The summed E-state index contributed by atoms with van der Waals surface area (Å²) in [6.07, 6.45) is 1.53. The molecule has 7 nitrogen and oxygen atoms in total. The lowest BCUT2D eigenvalue weighted by atomic mass is 10.1. The van der Waals surface area contributed by atoms with Crippen LogP contribution in [0.1, 0.15) is 16.7 Å². The number of thioether (sulfide) groups is 1. The third-order valence-corrected chi connectivity index (χ3v) is 6.78. The first kappa shape index (κ1) is 24.6. The van der Waals surface area contributed by atoms with Gasteiger partial charge in [-0.05, 0) is 48.0 Å². The molecule has 0 N–H and O–H groups in total. The maximum Gasteiger partial charge on any atom is 0.294 e. The first-order valence-electron chi connectivity index (χ1n) is 10.6. The summed E-state index contributed by atoms with van der Waals surface area (Å²) in [6, 6.07) is 11.1. The minimum atomic E-state index is -0.524. The molecular formula is C24H22Cl2N2O5S. The Hall–Kier alpha value is -2.52. The van der Waals surface area contributed by atoms with Crippen LogP contribution in [-0.4, -0.2) is 59.7 Å². The smallest absolute Gasteiger partial charge is 0.294 e. The van der Waals surface area contributed by atoms with Gasteiger partial charge in [0.2, 0.25) is 5.91 Å². The van der Waals surface area contributed by atoms with E-state index in [1.165, 1.54) is 6.08 Å². The molecule has 2 aromatic carbocycles. The molecule has 34 heavy (non-hydrogen) atoms. The molecule has 178 valence electrons. The van der Waals surface area contributed by atoms with Gasteiger partial charge in [0.15, 0.2) is 5.75 Å². The number of rotatable bonds is 6. The van der Waals surface area contributed by atoms with E-state index >= 15 is 0 Å². The van der Waals surface area contributed by atoms with Crippen LogP contribution in [0.5, 0.6) is 5.75 Å². The van der Waals surface area contributed by atoms with Crippen LogP contribution in [0.4, 0.5) is 4.79 Å². The second-order valence-electron chi connectivity index (χ2n) is 7.85. The zero-order chi connectivity index (χ0) is 24.2. The van der Waals surface area contributed by atoms with Crippen LogP contribution in [0.25, 0.3) is 6.08 Å². The van der Waals surface area contributed by atoms with Crippen LogP contribution in [0.15, 0.2) is 41.3 Å². The molecule has 0 atom stereocenters. The van der Waals surface area contributed by atoms with Crippen molar-refractivity contribution in [3.63, 3.8) is 0 Å². The van der Waals surface area contributed by atoms with E-state index in [2.05, 4.69) is 0 Å². The first-order valence-corrected chi connectivity index (χ1v) is 12.2. The van der Waals surface area contributed by atoms with Gasteiger partial charge in [0.1, 0.15) is 13.2 Å². The van der Waals surface area contributed by atoms with Gasteiger partial charge in [0, 0.05) is 13.1 Å². The molecule has 0 radical (unpaired) electrons. The predicted octanol–water partition coefficient (Wildman–Crippen LogP) is 4.78. The first-order chi connectivity index (χ1) is 16.3. The Balaban J connectivity index is 1.45. The summed E-state index contributed by atoms with van der Waals surface area (Å²) in [5.74, 6) is -0.470. The van der Waals surface area contributed by atoms with Crippen molar-refractivity contribution in [2.24, 2.45) is 0 Å². The van der Waals surface area contributed by atoms with Crippen molar-refractivity contribution in [3.05, 3.63) is 68.0 Å². The fraction of sp³-hybridized carbons (Fsp3) is 0.292. The van der Waals surface area contributed by atoms with E-state index in [0.717, 1.165) is 27.8 Å². The second-order valence-corrected chi connectivity index (χ2v) is 9.66. The molecule has 3 amide bonds. The van der Waals surface area contributed by atoms with Crippen LogP contribution in [0.2, 0.25) is 10.0 Å². The summed E-state index contributed by atoms with van der Waals surface area (Å²) in [7, 11) is 0. The Morgan fingerprint density at radius 3 is 2.53 bits per heavy atom. The van der Waals surface area contributed by atoms with Crippen molar-refractivity contribution in [1.29, 1.82) is 0 Å². The molecule has 0 unspecified atom stereocenters. The largest absolute Gasteiger partial charge is 0.486 e. The zero-order valence-corrected chi connectivity index (χ0v) is 20.7. The van der Waals surface area contributed by atoms with Gasteiger partial charge >= 0.3 is 0 Å². The number of benzene rings is 2. The molecule has 0 saturated carbocycles. The molecule has 0 bridgehead atoms. The number of nitrogens with zero attached hydrogens (tertiary/aromatic N) is 2. The minimum absolute atomic E-state index is 0.195. The predicted molar refractivity (Wildman–Crippen MR) is 132 cm³/mol. The number of morpholine rings is 1. The molecule has 0 aromatic heterocycles. The number of imide groups is 1. The summed E-state index contributed by atoms with van der Waals surface area (Å²) >= 11 is 13.6. The van der Waals surface area contributed by atoms with Crippen molar-refractivity contribution in [2.75, 3.05) is 32.8 Å². The highest BCUT2D eigenvalue weighted by molar-refractivity contribution is 8.18. The van der Waals surface area contributed by atoms with Gasteiger partial charge in [-0.25, -0.2) is 0 Å².